The molecule has 0 unspecified atom stereocenters. The number of benzene rings is 2. The molecule has 1 saturated heterocycles. The highest BCUT2D eigenvalue weighted by atomic mass is 19.1. The third-order valence-corrected chi connectivity index (χ3v) is 4.80. The molecule has 0 aromatic heterocycles. The number of hydrogen-bond donors (Lipinski definition) is 2. The average molecular weight is 399 g/mol. The molecule has 1 heterocycles. The second-order valence-electron chi connectivity index (χ2n) is 6.97. The summed E-state index contributed by atoms with van der Waals surface area (Å²) in [4.78, 5) is 26.9. The Bertz CT molecular complexity index is 838. The first-order valence-electron chi connectivity index (χ1n) is 9.90. The summed E-state index contributed by atoms with van der Waals surface area (Å²) >= 11 is 0. The number of rotatable bonds is 8. The molecule has 3 rings (SSSR count). The van der Waals surface area contributed by atoms with Crippen molar-refractivity contribution >= 4 is 17.5 Å². The monoisotopic (exact) mass is 399 g/mol. The van der Waals surface area contributed by atoms with Crippen molar-refractivity contribution in [2.24, 2.45) is 0 Å². The van der Waals surface area contributed by atoms with Gasteiger partial charge >= 0.3 is 0 Å². The third kappa shape index (κ3) is 6.29. The SMILES string of the molecule is O=C(COc1ccccc1C(=O)NCCN1CCCCC1)Nc1ccccc1F. The van der Waals surface area contributed by atoms with Crippen LogP contribution >= 0.6 is 0 Å². The highest BCUT2D eigenvalue weighted by molar-refractivity contribution is 5.97. The summed E-state index contributed by atoms with van der Waals surface area (Å²) in [5, 5.41) is 5.37. The fourth-order valence-corrected chi connectivity index (χ4v) is 3.28. The standard InChI is InChI=1S/C22H26FN3O3/c23-18-9-3-4-10-19(18)25-21(27)16-29-20-11-5-2-8-17(20)22(28)24-12-15-26-13-6-1-7-14-26/h2-5,8-11H,1,6-7,12-16H2,(H,24,28)(H,25,27). The van der Waals surface area contributed by atoms with E-state index in [0.717, 1.165) is 19.6 Å². The maximum absolute atomic E-state index is 13.6. The number of carbonyl (C=O) groups is 2. The van der Waals surface area contributed by atoms with E-state index in [1.807, 2.05) is 0 Å². The van der Waals surface area contributed by atoms with E-state index in [9.17, 15) is 14.0 Å². The van der Waals surface area contributed by atoms with Crippen LogP contribution in [0, 0.1) is 5.82 Å². The lowest BCUT2D eigenvalue weighted by Crippen LogP contribution is -2.37. The molecule has 154 valence electrons. The number of halogens is 1. The summed E-state index contributed by atoms with van der Waals surface area (Å²) in [5.74, 6) is -0.955. The average Bonchev–Trinajstić information content (AvgIpc) is 2.75. The molecule has 1 aliphatic rings. The lowest BCUT2D eigenvalue weighted by Gasteiger charge is -2.26. The van der Waals surface area contributed by atoms with E-state index in [2.05, 4.69) is 15.5 Å². The molecule has 2 N–H and O–H groups in total. The van der Waals surface area contributed by atoms with Crippen LogP contribution in [-0.2, 0) is 4.79 Å². The third-order valence-electron chi connectivity index (χ3n) is 4.80. The molecule has 1 fully saturated rings. The Labute approximate surface area is 170 Å². The summed E-state index contributed by atoms with van der Waals surface area (Å²) < 4.78 is 19.1. The van der Waals surface area contributed by atoms with Crippen molar-refractivity contribution in [1.29, 1.82) is 0 Å². The van der Waals surface area contributed by atoms with Crippen molar-refractivity contribution in [3.63, 3.8) is 0 Å². The molecule has 2 amide bonds. The first kappa shape index (κ1) is 20.8. The molecule has 0 radical (unpaired) electrons. The summed E-state index contributed by atoms with van der Waals surface area (Å²) in [5.41, 5.74) is 0.453. The van der Waals surface area contributed by atoms with Crippen LogP contribution in [0.1, 0.15) is 29.6 Å². The maximum atomic E-state index is 13.6. The number of hydrogen-bond acceptors (Lipinski definition) is 4. The molecule has 2 aromatic carbocycles. The van der Waals surface area contributed by atoms with E-state index in [-0.39, 0.29) is 18.2 Å². The molecule has 29 heavy (non-hydrogen) atoms. The van der Waals surface area contributed by atoms with Gasteiger partial charge in [-0.1, -0.05) is 30.7 Å². The number of carbonyl (C=O) groups excluding carboxylic acids is 2. The zero-order valence-corrected chi connectivity index (χ0v) is 16.3. The van der Waals surface area contributed by atoms with Crippen molar-refractivity contribution in [2.45, 2.75) is 19.3 Å². The van der Waals surface area contributed by atoms with Crippen molar-refractivity contribution in [3.8, 4) is 5.75 Å². The second-order valence-corrected chi connectivity index (χ2v) is 6.97. The van der Waals surface area contributed by atoms with Gasteiger partial charge in [0.15, 0.2) is 6.61 Å². The highest BCUT2D eigenvalue weighted by Gasteiger charge is 2.15. The summed E-state index contributed by atoms with van der Waals surface area (Å²) in [6.07, 6.45) is 3.69. The van der Waals surface area contributed by atoms with Crippen LogP contribution in [-0.4, -0.2) is 49.5 Å². The predicted molar refractivity (Wildman–Crippen MR) is 110 cm³/mol. The number of ether oxygens (including phenoxy) is 1. The fourth-order valence-electron chi connectivity index (χ4n) is 3.28. The zero-order valence-electron chi connectivity index (χ0n) is 16.3. The van der Waals surface area contributed by atoms with Gasteiger partial charge in [0.2, 0.25) is 0 Å². The summed E-state index contributed by atoms with van der Waals surface area (Å²) in [7, 11) is 0. The Hall–Kier alpha value is -2.93. The van der Waals surface area contributed by atoms with Crippen LogP contribution in [0.4, 0.5) is 10.1 Å². The minimum Gasteiger partial charge on any atom is -0.483 e. The van der Waals surface area contributed by atoms with Crippen LogP contribution < -0.4 is 15.4 Å². The van der Waals surface area contributed by atoms with Gasteiger partial charge in [0.1, 0.15) is 11.6 Å². The molecule has 0 atom stereocenters. The Morgan fingerprint density at radius 1 is 1.00 bits per heavy atom. The number of nitrogens with one attached hydrogen (secondary N) is 2. The fraction of sp³-hybridized carbons (Fsp3) is 0.364. The topological polar surface area (TPSA) is 70.7 Å². The van der Waals surface area contributed by atoms with Gasteiger partial charge in [-0.3, -0.25) is 9.59 Å². The Balaban J connectivity index is 1.50. The Morgan fingerprint density at radius 2 is 1.72 bits per heavy atom. The maximum Gasteiger partial charge on any atom is 0.262 e. The van der Waals surface area contributed by atoms with Gasteiger partial charge in [-0.05, 0) is 50.2 Å². The van der Waals surface area contributed by atoms with Crippen LogP contribution in [0.3, 0.4) is 0 Å². The number of nitrogens with zero attached hydrogens (tertiary/aromatic N) is 1. The number of anilines is 1. The van der Waals surface area contributed by atoms with Gasteiger partial charge in [-0.25, -0.2) is 4.39 Å². The number of likely N-dealkylation sites (tertiary alicyclic amines) is 1. The van der Waals surface area contributed by atoms with E-state index in [1.54, 1.807) is 36.4 Å². The first-order valence-corrected chi connectivity index (χ1v) is 9.90. The Kier molecular flexibility index (Phi) is 7.58. The van der Waals surface area contributed by atoms with Gasteiger partial charge in [-0.2, -0.15) is 0 Å². The van der Waals surface area contributed by atoms with Gasteiger partial charge in [0.25, 0.3) is 11.8 Å². The summed E-state index contributed by atoms with van der Waals surface area (Å²) in [6, 6.07) is 12.7. The lowest BCUT2D eigenvalue weighted by atomic mass is 10.1. The zero-order chi connectivity index (χ0) is 20.5. The minimum atomic E-state index is -0.519. The number of piperidine rings is 1. The van der Waals surface area contributed by atoms with Crippen molar-refractivity contribution in [1.82, 2.24) is 10.2 Å². The first-order chi connectivity index (χ1) is 14.1. The van der Waals surface area contributed by atoms with Crippen molar-refractivity contribution in [2.75, 3.05) is 38.1 Å². The van der Waals surface area contributed by atoms with Crippen molar-refractivity contribution in [3.05, 3.63) is 59.9 Å². The van der Waals surface area contributed by atoms with E-state index < -0.39 is 11.7 Å². The normalized spacial score (nSPS) is 14.2. The van der Waals surface area contributed by atoms with E-state index >= 15 is 0 Å². The summed E-state index contributed by atoms with van der Waals surface area (Å²) in [6.45, 7) is 3.20. The molecular weight excluding hydrogens is 373 g/mol. The molecule has 1 aliphatic heterocycles. The molecule has 0 saturated carbocycles. The van der Waals surface area contributed by atoms with Crippen LogP contribution in [0.5, 0.6) is 5.75 Å². The molecule has 2 aromatic rings. The number of para-hydroxylation sites is 2. The van der Waals surface area contributed by atoms with Gasteiger partial charge in [0.05, 0.1) is 11.3 Å². The smallest absolute Gasteiger partial charge is 0.262 e. The van der Waals surface area contributed by atoms with E-state index in [1.165, 1.54) is 31.4 Å². The quantitative estimate of drug-likeness (QED) is 0.716. The van der Waals surface area contributed by atoms with Crippen LogP contribution in [0.25, 0.3) is 0 Å². The number of amides is 2. The molecule has 7 heteroatoms. The lowest BCUT2D eigenvalue weighted by molar-refractivity contribution is -0.118. The molecule has 6 nitrogen and oxygen atoms in total. The largest absolute Gasteiger partial charge is 0.483 e. The Morgan fingerprint density at radius 3 is 2.52 bits per heavy atom. The predicted octanol–water partition coefficient (Wildman–Crippen LogP) is 3.06. The molecule has 0 bridgehead atoms. The van der Waals surface area contributed by atoms with Gasteiger partial charge < -0.3 is 20.3 Å². The van der Waals surface area contributed by atoms with Gasteiger partial charge in [-0.15, -0.1) is 0 Å². The highest BCUT2D eigenvalue weighted by Crippen LogP contribution is 2.18. The molecule has 0 aliphatic carbocycles. The van der Waals surface area contributed by atoms with Crippen LogP contribution in [0.2, 0.25) is 0 Å². The minimum absolute atomic E-state index is 0.0878. The van der Waals surface area contributed by atoms with Crippen LogP contribution in [0.15, 0.2) is 48.5 Å². The van der Waals surface area contributed by atoms with Crippen molar-refractivity contribution < 1.29 is 18.7 Å². The second kappa shape index (κ2) is 10.6. The van der Waals surface area contributed by atoms with E-state index in [4.69, 9.17) is 4.74 Å². The van der Waals surface area contributed by atoms with Gasteiger partial charge in [0, 0.05) is 13.1 Å². The van der Waals surface area contributed by atoms with E-state index in [0.29, 0.717) is 17.9 Å². The molecule has 0 spiro atoms. The molecular formula is C22H26FN3O3.